The summed E-state index contributed by atoms with van der Waals surface area (Å²) in [6, 6.07) is 7.94. The van der Waals surface area contributed by atoms with Gasteiger partial charge >= 0.3 is 0 Å². The van der Waals surface area contributed by atoms with Crippen molar-refractivity contribution in [2.75, 3.05) is 31.9 Å². The summed E-state index contributed by atoms with van der Waals surface area (Å²) in [6.45, 7) is 2.64. The van der Waals surface area contributed by atoms with E-state index in [9.17, 15) is 18.0 Å². The lowest BCUT2D eigenvalue weighted by molar-refractivity contribution is 0.0666. The predicted octanol–water partition coefficient (Wildman–Crippen LogP) is 0.900. The summed E-state index contributed by atoms with van der Waals surface area (Å²) in [7, 11) is -3.25. The number of hydrogen-bond acceptors (Lipinski definition) is 5. The number of piperazine rings is 1. The van der Waals surface area contributed by atoms with E-state index in [0.29, 0.717) is 11.0 Å². The molecular weight excluding hydrogens is 332 g/mol. The largest absolute Gasteiger partial charge is 0.451 e. The second-order valence-electron chi connectivity index (χ2n) is 5.56. The zero-order valence-corrected chi connectivity index (χ0v) is 14.1. The highest BCUT2D eigenvalue weighted by Gasteiger charge is 2.29. The minimum atomic E-state index is -3.25. The number of nitrogens with zero attached hydrogens (tertiary/aromatic N) is 2. The van der Waals surface area contributed by atoms with Crippen LogP contribution in [0.5, 0.6) is 0 Å². The standard InChI is InChI=1S/C16H18N2O5S/c1-2-24(21,22)18-9-7-17(8-10-18)16(20)15-11-13(19)12-5-3-4-6-14(12)23-15/h3-6,11H,2,7-10H2,1H3. The highest BCUT2D eigenvalue weighted by Crippen LogP contribution is 2.15. The highest BCUT2D eigenvalue weighted by molar-refractivity contribution is 7.89. The lowest BCUT2D eigenvalue weighted by Crippen LogP contribution is -2.50. The number of carbonyl (C=O) groups excluding carboxylic acids is 1. The van der Waals surface area contributed by atoms with Crippen molar-refractivity contribution in [2.45, 2.75) is 6.92 Å². The van der Waals surface area contributed by atoms with Gasteiger partial charge in [-0.2, -0.15) is 4.31 Å². The van der Waals surface area contributed by atoms with E-state index in [2.05, 4.69) is 0 Å². The van der Waals surface area contributed by atoms with Crippen molar-refractivity contribution >= 4 is 26.9 Å². The number of hydrogen-bond donors (Lipinski definition) is 0. The van der Waals surface area contributed by atoms with Crippen molar-refractivity contribution in [1.82, 2.24) is 9.21 Å². The Balaban J connectivity index is 1.80. The Morgan fingerprint density at radius 1 is 1.17 bits per heavy atom. The van der Waals surface area contributed by atoms with Gasteiger partial charge < -0.3 is 9.32 Å². The van der Waals surface area contributed by atoms with Crippen LogP contribution in [0.15, 0.2) is 39.5 Å². The van der Waals surface area contributed by atoms with Crippen molar-refractivity contribution in [3.63, 3.8) is 0 Å². The van der Waals surface area contributed by atoms with Crippen LogP contribution >= 0.6 is 0 Å². The average Bonchev–Trinajstić information content (AvgIpc) is 2.61. The molecular formula is C16H18N2O5S. The quantitative estimate of drug-likeness (QED) is 0.821. The fourth-order valence-corrected chi connectivity index (χ4v) is 3.80. The van der Waals surface area contributed by atoms with Crippen LogP contribution < -0.4 is 5.43 Å². The van der Waals surface area contributed by atoms with Gasteiger partial charge in [-0.1, -0.05) is 12.1 Å². The van der Waals surface area contributed by atoms with E-state index >= 15 is 0 Å². The summed E-state index contributed by atoms with van der Waals surface area (Å²) in [5, 5.41) is 0.424. The molecule has 7 nitrogen and oxygen atoms in total. The van der Waals surface area contributed by atoms with E-state index in [0.717, 1.165) is 0 Å². The number of sulfonamides is 1. The van der Waals surface area contributed by atoms with Gasteiger partial charge in [0.25, 0.3) is 5.91 Å². The fourth-order valence-electron chi connectivity index (χ4n) is 2.72. The summed E-state index contributed by atoms with van der Waals surface area (Å²) in [4.78, 5) is 26.1. The summed E-state index contributed by atoms with van der Waals surface area (Å²) in [5.41, 5.74) is 0.0907. The van der Waals surface area contributed by atoms with E-state index < -0.39 is 15.9 Å². The third-order valence-corrected chi connectivity index (χ3v) is 6.01. The summed E-state index contributed by atoms with van der Waals surface area (Å²) in [6.07, 6.45) is 0. The Morgan fingerprint density at radius 3 is 2.50 bits per heavy atom. The summed E-state index contributed by atoms with van der Waals surface area (Å²) in [5.74, 6) is -0.377. The third kappa shape index (κ3) is 3.07. The Morgan fingerprint density at radius 2 is 1.83 bits per heavy atom. The molecule has 1 saturated heterocycles. The van der Waals surface area contributed by atoms with Crippen LogP contribution in [0.25, 0.3) is 11.0 Å². The molecule has 0 bridgehead atoms. The van der Waals surface area contributed by atoms with Crippen LogP contribution in [0.2, 0.25) is 0 Å². The van der Waals surface area contributed by atoms with Gasteiger partial charge in [0.15, 0.2) is 11.2 Å². The first kappa shape index (κ1) is 16.7. The smallest absolute Gasteiger partial charge is 0.289 e. The molecule has 0 saturated carbocycles. The van der Waals surface area contributed by atoms with Gasteiger partial charge in [0.2, 0.25) is 10.0 Å². The topological polar surface area (TPSA) is 87.9 Å². The molecule has 0 N–H and O–H groups in total. The van der Waals surface area contributed by atoms with Crippen molar-refractivity contribution in [1.29, 1.82) is 0 Å². The predicted molar refractivity (Wildman–Crippen MR) is 89.4 cm³/mol. The summed E-state index contributed by atoms with van der Waals surface area (Å²) < 4.78 is 30.6. The van der Waals surface area contributed by atoms with Crippen molar-refractivity contribution in [2.24, 2.45) is 0 Å². The first-order valence-electron chi connectivity index (χ1n) is 7.72. The number of fused-ring (bicyclic) bond motifs is 1. The molecule has 8 heteroatoms. The monoisotopic (exact) mass is 350 g/mol. The minimum absolute atomic E-state index is 0.0227. The Bertz CT molecular complexity index is 927. The normalized spacial score (nSPS) is 16.5. The maximum atomic E-state index is 12.5. The molecule has 0 atom stereocenters. The number of amides is 1. The van der Waals surface area contributed by atoms with Gasteiger partial charge in [-0.05, 0) is 19.1 Å². The van der Waals surface area contributed by atoms with Gasteiger partial charge in [0, 0.05) is 32.2 Å². The molecule has 1 amide bonds. The van der Waals surface area contributed by atoms with Gasteiger partial charge in [-0.25, -0.2) is 8.42 Å². The second kappa shape index (κ2) is 6.37. The van der Waals surface area contributed by atoms with Gasteiger partial charge in [-0.15, -0.1) is 0 Å². The molecule has 1 aliphatic rings. The zero-order chi connectivity index (χ0) is 17.3. The van der Waals surface area contributed by atoms with Crippen molar-refractivity contribution < 1.29 is 17.6 Å². The maximum absolute atomic E-state index is 12.5. The van der Waals surface area contributed by atoms with E-state index in [1.807, 2.05) is 0 Å². The van der Waals surface area contributed by atoms with Crippen LogP contribution in [0.3, 0.4) is 0 Å². The molecule has 1 fully saturated rings. The van der Waals surface area contributed by atoms with E-state index in [4.69, 9.17) is 4.42 Å². The van der Waals surface area contributed by atoms with Gasteiger partial charge in [-0.3, -0.25) is 9.59 Å². The van der Waals surface area contributed by atoms with Gasteiger partial charge in [0.05, 0.1) is 11.1 Å². The molecule has 2 aromatic rings. The Hall–Kier alpha value is -2.19. The van der Waals surface area contributed by atoms with Crippen molar-refractivity contribution in [3.8, 4) is 0 Å². The third-order valence-electron chi connectivity index (χ3n) is 4.13. The number of benzene rings is 1. The molecule has 1 aromatic carbocycles. The SMILES string of the molecule is CCS(=O)(=O)N1CCN(C(=O)c2cc(=O)c3ccccc3o2)CC1. The lowest BCUT2D eigenvalue weighted by Gasteiger charge is -2.33. The van der Waals surface area contributed by atoms with E-state index in [-0.39, 0.29) is 43.1 Å². The van der Waals surface area contributed by atoms with E-state index in [1.165, 1.54) is 15.3 Å². The Kier molecular flexibility index (Phi) is 4.42. The number of carbonyl (C=O) groups is 1. The van der Waals surface area contributed by atoms with Crippen LogP contribution in [-0.2, 0) is 10.0 Å². The maximum Gasteiger partial charge on any atom is 0.289 e. The molecule has 1 aromatic heterocycles. The number of para-hydroxylation sites is 1. The second-order valence-corrected chi connectivity index (χ2v) is 7.82. The van der Waals surface area contributed by atoms with Crippen LogP contribution in [0, 0.1) is 0 Å². The fraction of sp³-hybridized carbons (Fsp3) is 0.375. The molecule has 0 aliphatic carbocycles. The minimum Gasteiger partial charge on any atom is -0.451 e. The molecule has 0 unspecified atom stereocenters. The van der Waals surface area contributed by atoms with Crippen molar-refractivity contribution in [3.05, 3.63) is 46.3 Å². The highest BCUT2D eigenvalue weighted by atomic mass is 32.2. The lowest BCUT2D eigenvalue weighted by atomic mass is 10.2. The Labute approximate surface area is 139 Å². The molecule has 2 heterocycles. The van der Waals surface area contributed by atoms with Gasteiger partial charge in [0.1, 0.15) is 5.58 Å². The first-order chi connectivity index (χ1) is 11.4. The van der Waals surface area contributed by atoms with Crippen LogP contribution in [0.1, 0.15) is 17.5 Å². The molecule has 128 valence electrons. The molecule has 0 spiro atoms. The molecule has 3 rings (SSSR count). The molecule has 0 radical (unpaired) electrons. The average molecular weight is 350 g/mol. The van der Waals surface area contributed by atoms with E-state index in [1.54, 1.807) is 31.2 Å². The summed E-state index contributed by atoms with van der Waals surface area (Å²) >= 11 is 0. The zero-order valence-electron chi connectivity index (χ0n) is 13.3. The molecule has 1 aliphatic heterocycles. The molecule has 24 heavy (non-hydrogen) atoms. The van der Waals surface area contributed by atoms with Crippen LogP contribution in [-0.4, -0.2) is 55.5 Å². The van der Waals surface area contributed by atoms with Crippen LogP contribution in [0.4, 0.5) is 0 Å². The first-order valence-corrected chi connectivity index (χ1v) is 9.33. The number of rotatable bonds is 3.